The van der Waals surface area contributed by atoms with Crippen LogP contribution in [-0.2, 0) is 0 Å². The molecule has 0 aliphatic heterocycles. The van der Waals surface area contributed by atoms with Gasteiger partial charge in [-0.1, -0.05) is 36.4 Å². The van der Waals surface area contributed by atoms with Gasteiger partial charge in [0.05, 0.1) is 0 Å². The van der Waals surface area contributed by atoms with Gasteiger partial charge in [0.1, 0.15) is 0 Å². The molecule has 0 radical (unpaired) electrons. The van der Waals surface area contributed by atoms with Crippen molar-refractivity contribution in [3.05, 3.63) is 71.8 Å². The largest absolute Gasteiger partial charge is 0.275 e. The van der Waals surface area contributed by atoms with Crippen LogP contribution >= 0.6 is 11.8 Å². The van der Waals surface area contributed by atoms with Crippen LogP contribution in [0, 0.1) is 0 Å². The van der Waals surface area contributed by atoms with Crippen LogP contribution in [0.3, 0.4) is 0 Å². The van der Waals surface area contributed by atoms with Crippen LogP contribution in [0.4, 0.5) is 0 Å². The Morgan fingerprint density at radius 3 is 1.39 bits per heavy atom. The molecule has 2 aromatic rings. The Balaban J connectivity index is 2.20. The number of carbonyl (C=O) groups excluding carboxylic acids is 2. The molecule has 4 heteroatoms. The number of imide groups is 1. The molecule has 0 N–H and O–H groups in total. The van der Waals surface area contributed by atoms with E-state index in [1.807, 2.05) is 0 Å². The molecule has 0 aliphatic carbocycles. The zero-order valence-electron chi connectivity index (χ0n) is 9.42. The Hall–Kier alpha value is -2.13. The molecule has 90 valence electrons. The highest BCUT2D eigenvalue weighted by atomic mass is 35.5. The van der Waals surface area contributed by atoms with Crippen LogP contribution in [0.5, 0.6) is 0 Å². The van der Waals surface area contributed by atoms with Gasteiger partial charge in [-0.15, -0.1) is 0 Å². The highest BCUT2D eigenvalue weighted by Crippen LogP contribution is 2.12. The minimum absolute atomic E-state index is 0.372. The smallest absolute Gasteiger partial charge is 0.267 e. The zero-order valence-corrected chi connectivity index (χ0v) is 10.2. The molecule has 0 saturated heterocycles. The number of nitrogens with zero attached hydrogens (tertiary/aromatic N) is 1. The molecule has 0 saturated carbocycles. The lowest BCUT2D eigenvalue weighted by Crippen LogP contribution is -2.28. The van der Waals surface area contributed by atoms with Crippen molar-refractivity contribution in [3.63, 3.8) is 0 Å². The van der Waals surface area contributed by atoms with Gasteiger partial charge in [-0.2, -0.15) is 4.42 Å². The van der Waals surface area contributed by atoms with Crippen LogP contribution in [0.2, 0.25) is 0 Å². The van der Waals surface area contributed by atoms with Gasteiger partial charge in [0.15, 0.2) is 0 Å². The second-order valence-electron chi connectivity index (χ2n) is 3.62. The van der Waals surface area contributed by atoms with E-state index in [-0.39, 0.29) is 0 Å². The molecule has 0 heterocycles. The lowest BCUT2D eigenvalue weighted by molar-refractivity contribution is 0.0733. The first-order chi connectivity index (χ1) is 8.70. The maximum absolute atomic E-state index is 11.9. The third-order valence-corrected chi connectivity index (χ3v) is 2.71. The number of hydrogen-bond acceptors (Lipinski definition) is 2. The van der Waals surface area contributed by atoms with Crippen molar-refractivity contribution < 1.29 is 9.59 Å². The molecule has 0 bridgehead atoms. The van der Waals surface area contributed by atoms with Crippen molar-refractivity contribution in [1.82, 2.24) is 4.42 Å². The first-order valence-corrected chi connectivity index (χ1v) is 5.68. The Kier molecular flexibility index (Phi) is 3.75. The molecule has 2 amide bonds. The zero-order chi connectivity index (χ0) is 13.0. The highest BCUT2D eigenvalue weighted by Gasteiger charge is 2.21. The topological polar surface area (TPSA) is 37.4 Å². The van der Waals surface area contributed by atoms with E-state index in [9.17, 15) is 9.59 Å². The molecule has 0 aromatic heterocycles. The predicted octanol–water partition coefficient (Wildman–Crippen LogP) is 3.12. The van der Waals surface area contributed by atoms with E-state index in [1.165, 1.54) is 0 Å². The average molecular weight is 260 g/mol. The summed E-state index contributed by atoms with van der Waals surface area (Å²) in [5.74, 6) is -1.07. The van der Waals surface area contributed by atoms with Gasteiger partial charge in [-0.25, -0.2) is 0 Å². The van der Waals surface area contributed by atoms with Crippen molar-refractivity contribution in [1.29, 1.82) is 0 Å². The van der Waals surface area contributed by atoms with E-state index in [4.69, 9.17) is 11.8 Å². The fraction of sp³-hybridized carbons (Fsp3) is 0. The minimum atomic E-state index is -0.536. The molecule has 2 rings (SSSR count). The number of rotatable bonds is 2. The standard InChI is InChI=1S/C14H10ClNO2/c15-16(13(17)11-7-3-1-4-8-11)14(18)12-9-5-2-6-10-12/h1-10H. The fourth-order valence-corrected chi connectivity index (χ4v) is 1.68. The summed E-state index contributed by atoms with van der Waals surface area (Å²) in [6.07, 6.45) is 0. The first-order valence-electron chi connectivity index (χ1n) is 5.35. The minimum Gasteiger partial charge on any atom is -0.267 e. The number of benzene rings is 2. The normalized spacial score (nSPS) is 9.83. The molecule has 18 heavy (non-hydrogen) atoms. The summed E-state index contributed by atoms with van der Waals surface area (Å²) in [6.45, 7) is 0. The summed E-state index contributed by atoms with van der Waals surface area (Å²) in [5, 5.41) is 0. The van der Waals surface area contributed by atoms with Crippen LogP contribution in [0.1, 0.15) is 20.7 Å². The monoisotopic (exact) mass is 259 g/mol. The van der Waals surface area contributed by atoms with E-state index in [2.05, 4.69) is 0 Å². The fourth-order valence-electron chi connectivity index (χ4n) is 1.48. The second-order valence-corrected chi connectivity index (χ2v) is 3.96. The summed E-state index contributed by atoms with van der Waals surface area (Å²) in [7, 11) is 0. The van der Waals surface area contributed by atoms with Crippen LogP contribution in [-0.4, -0.2) is 16.2 Å². The molecule has 0 unspecified atom stereocenters. The quantitative estimate of drug-likeness (QED) is 0.614. The maximum atomic E-state index is 11.9. The van der Waals surface area contributed by atoms with Gasteiger partial charge in [0, 0.05) is 22.9 Å². The van der Waals surface area contributed by atoms with Gasteiger partial charge < -0.3 is 0 Å². The number of amides is 2. The molecular formula is C14H10ClNO2. The SMILES string of the molecule is O=C(c1ccccc1)N(Cl)C(=O)c1ccccc1. The van der Waals surface area contributed by atoms with E-state index < -0.39 is 11.8 Å². The summed E-state index contributed by atoms with van der Waals surface area (Å²) in [5.41, 5.74) is 0.744. The molecule has 0 spiro atoms. The number of carbonyl (C=O) groups is 2. The number of hydrogen-bond donors (Lipinski definition) is 0. The summed E-state index contributed by atoms with van der Waals surface area (Å²) in [6, 6.07) is 16.9. The maximum Gasteiger partial charge on any atom is 0.275 e. The van der Waals surface area contributed by atoms with Crippen molar-refractivity contribution in [2.45, 2.75) is 0 Å². The highest BCUT2D eigenvalue weighted by molar-refractivity contribution is 6.34. The van der Waals surface area contributed by atoms with Crippen LogP contribution in [0.25, 0.3) is 0 Å². The summed E-state index contributed by atoms with van der Waals surface area (Å²) < 4.78 is 0.602. The Labute approximate surface area is 110 Å². The third-order valence-electron chi connectivity index (χ3n) is 2.40. The lowest BCUT2D eigenvalue weighted by Gasteiger charge is -2.11. The van der Waals surface area contributed by atoms with Crippen molar-refractivity contribution in [3.8, 4) is 0 Å². The molecule has 0 atom stereocenters. The van der Waals surface area contributed by atoms with Gasteiger partial charge in [-0.3, -0.25) is 9.59 Å². The first kappa shape index (κ1) is 12.3. The lowest BCUT2D eigenvalue weighted by atomic mass is 10.2. The summed E-state index contributed by atoms with van der Waals surface area (Å²) in [4.78, 5) is 23.9. The van der Waals surface area contributed by atoms with Gasteiger partial charge in [0.25, 0.3) is 11.8 Å². The number of halogens is 1. The van der Waals surface area contributed by atoms with Crippen LogP contribution < -0.4 is 0 Å². The Morgan fingerprint density at radius 2 is 1.06 bits per heavy atom. The van der Waals surface area contributed by atoms with E-state index in [0.717, 1.165) is 0 Å². The average Bonchev–Trinajstić information content (AvgIpc) is 2.47. The van der Waals surface area contributed by atoms with Crippen LogP contribution in [0.15, 0.2) is 60.7 Å². The van der Waals surface area contributed by atoms with Gasteiger partial charge in [-0.05, 0) is 24.3 Å². The Morgan fingerprint density at radius 1 is 0.722 bits per heavy atom. The van der Waals surface area contributed by atoms with Gasteiger partial charge in [0.2, 0.25) is 0 Å². The van der Waals surface area contributed by atoms with E-state index in [1.54, 1.807) is 60.7 Å². The molecule has 2 aromatic carbocycles. The molecule has 3 nitrogen and oxygen atoms in total. The Bertz CT molecular complexity index is 503. The molecule has 0 aliphatic rings. The molecular weight excluding hydrogens is 250 g/mol. The third kappa shape index (κ3) is 2.57. The molecule has 0 fully saturated rings. The second kappa shape index (κ2) is 5.47. The predicted molar refractivity (Wildman–Crippen MR) is 69.2 cm³/mol. The van der Waals surface area contributed by atoms with Crippen molar-refractivity contribution in [2.75, 3.05) is 0 Å². The van der Waals surface area contributed by atoms with Gasteiger partial charge >= 0.3 is 0 Å². The van der Waals surface area contributed by atoms with E-state index >= 15 is 0 Å². The van der Waals surface area contributed by atoms with Crippen molar-refractivity contribution in [2.24, 2.45) is 0 Å². The van der Waals surface area contributed by atoms with Crippen molar-refractivity contribution >= 4 is 23.6 Å². The van der Waals surface area contributed by atoms with E-state index in [0.29, 0.717) is 15.5 Å². The summed E-state index contributed by atoms with van der Waals surface area (Å²) >= 11 is 5.79.